The smallest absolute Gasteiger partial charge is 0.271 e. The summed E-state index contributed by atoms with van der Waals surface area (Å²) >= 11 is 6.26. The molecular weight excluding hydrogens is 405 g/mol. The molecule has 0 bridgehead atoms. The van der Waals surface area contributed by atoms with Crippen LogP contribution in [-0.2, 0) is 16.1 Å². The molecular formula is C23H21ClFN3O2. The third-order valence-corrected chi connectivity index (χ3v) is 4.97. The minimum absolute atomic E-state index is 0.0483. The van der Waals surface area contributed by atoms with Gasteiger partial charge in [-0.15, -0.1) is 0 Å². The van der Waals surface area contributed by atoms with E-state index in [1.54, 1.807) is 36.4 Å². The number of nitrogens with two attached hydrogens (primary N) is 1. The molecule has 0 fully saturated rings. The predicted molar refractivity (Wildman–Crippen MR) is 115 cm³/mol. The molecule has 0 saturated heterocycles. The van der Waals surface area contributed by atoms with Crippen LogP contribution in [0.2, 0.25) is 0 Å². The van der Waals surface area contributed by atoms with Crippen LogP contribution >= 0.6 is 11.8 Å². The molecule has 154 valence electrons. The molecule has 30 heavy (non-hydrogen) atoms. The van der Waals surface area contributed by atoms with E-state index in [1.807, 2.05) is 30.3 Å². The number of hydrogen-bond acceptors (Lipinski definition) is 3. The van der Waals surface area contributed by atoms with Crippen LogP contribution in [0.5, 0.6) is 0 Å². The van der Waals surface area contributed by atoms with E-state index in [4.69, 9.17) is 27.7 Å². The van der Waals surface area contributed by atoms with Crippen molar-refractivity contribution in [2.75, 3.05) is 7.11 Å². The van der Waals surface area contributed by atoms with Crippen molar-refractivity contribution < 1.29 is 13.9 Å². The van der Waals surface area contributed by atoms with Gasteiger partial charge in [0.25, 0.3) is 5.91 Å². The molecule has 0 spiro atoms. The van der Waals surface area contributed by atoms with Gasteiger partial charge in [-0.05, 0) is 22.8 Å². The first-order chi connectivity index (χ1) is 14.4. The van der Waals surface area contributed by atoms with Crippen LogP contribution in [0.4, 0.5) is 4.39 Å². The maximum atomic E-state index is 14.8. The van der Waals surface area contributed by atoms with Gasteiger partial charge in [0.15, 0.2) is 6.10 Å². The number of halogens is 2. The fourth-order valence-electron chi connectivity index (χ4n) is 3.17. The lowest BCUT2D eigenvalue weighted by Crippen LogP contribution is -2.29. The molecule has 0 aromatic heterocycles. The van der Waals surface area contributed by atoms with Crippen molar-refractivity contribution in [2.24, 2.45) is 5.73 Å². The van der Waals surface area contributed by atoms with Crippen molar-refractivity contribution in [2.45, 2.75) is 12.6 Å². The van der Waals surface area contributed by atoms with E-state index in [1.165, 1.54) is 13.2 Å². The second-order valence-corrected chi connectivity index (χ2v) is 7.06. The fourth-order valence-corrected chi connectivity index (χ4v) is 3.40. The van der Waals surface area contributed by atoms with E-state index in [0.29, 0.717) is 11.1 Å². The lowest BCUT2D eigenvalue weighted by atomic mass is 9.95. The molecule has 0 heterocycles. The first kappa shape index (κ1) is 21.5. The highest BCUT2D eigenvalue weighted by molar-refractivity contribution is 6.21. The quantitative estimate of drug-likeness (QED) is 0.328. The summed E-state index contributed by atoms with van der Waals surface area (Å²) < 4.78 is 21.2. The summed E-state index contributed by atoms with van der Waals surface area (Å²) in [5, 5.41) is 7.44. The number of benzene rings is 3. The zero-order valence-corrected chi connectivity index (χ0v) is 17.1. The van der Waals surface area contributed by atoms with Gasteiger partial charge in [-0.3, -0.25) is 10.2 Å². The maximum absolute atomic E-state index is 14.8. The Morgan fingerprint density at radius 2 is 1.77 bits per heavy atom. The molecule has 1 amide bonds. The SMILES string of the molecule is COC(C(=O)N(Cl)Cc1ccc(C(=N)N)cc1)c1c(F)cccc1-c1ccccc1. The third-order valence-electron chi connectivity index (χ3n) is 4.69. The van der Waals surface area contributed by atoms with Crippen LogP contribution in [0.25, 0.3) is 11.1 Å². The van der Waals surface area contributed by atoms with Gasteiger partial charge in [-0.2, -0.15) is 0 Å². The van der Waals surface area contributed by atoms with E-state index < -0.39 is 17.8 Å². The van der Waals surface area contributed by atoms with Gasteiger partial charge in [-0.1, -0.05) is 66.7 Å². The van der Waals surface area contributed by atoms with E-state index in [2.05, 4.69) is 0 Å². The minimum atomic E-state index is -1.21. The van der Waals surface area contributed by atoms with Gasteiger partial charge < -0.3 is 10.5 Å². The van der Waals surface area contributed by atoms with Crippen molar-refractivity contribution in [3.8, 4) is 11.1 Å². The molecule has 3 rings (SSSR count). The van der Waals surface area contributed by atoms with Crippen LogP contribution in [0.1, 0.15) is 22.8 Å². The number of amidine groups is 1. The zero-order chi connectivity index (χ0) is 21.7. The van der Waals surface area contributed by atoms with Crippen molar-refractivity contribution in [3.05, 3.63) is 95.3 Å². The summed E-state index contributed by atoms with van der Waals surface area (Å²) in [6.07, 6.45) is -1.21. The number of ether oxygens (including phenoxy) is 1. The van der Waals surface area contributed by atoms with Crippen molar-refractivity contribution in [1.29, 1.82) is 5.41 Å². The molecule has 0 saturated carbocycles. The molecule has 5 nitrogen and oxygen atoms in total. The molecule has 3 aromatic rings. The zero-order valence-electron chi connectivity index (χ0n) is 16.3. The summed E-state index contributed by atoms with van der Waals surface area (Å²) in [6, 6.07) is 20.6. The Morgan fingerprint density at radius 1 is 1.10 bits per heavy atom. The van der Waals surface area contributed by atoms with Crippen LogP contribution in [0.3, 0.4) is 0 Å². The number of nitrogens with zero attached hydrogens (tertiary/aromatic N) is 1. The van der Waals surface area contributed by atoms with Crippen molar-refractivity contribution in [1.82, 2.24) is 4.42 Å². The molecule has 0 aliphatic heterocycles. The third kappa shape index (κ3) is 4.67. The second kappa shape index (κ2) is 9.52. The summed E-state index contributed by atoms with van der Waals surface area (Å²) in [6.45, 7) is 0.0769. The fraction of sp³-hybridized carbons (Fsp3) is 0.130. The Morgan fingerprint density at radius 3 is 2.37 bits per heavy atom. The lowest BCUT2D eigenvalue weighted by molar-refractivity contribution is -0.138. The van der Waals surface area contributed by atoms with Crippen molar-refractivity contribution >= 4 is 23.5 Å². The highest BCUT2D eigenvalue weighted by atomic mass is 35.5. The Balaban J connectivity index is 1.88. The number of nitrogens with one attached hydrogen (secondary N) is 1. The van der Waals surface area contributed by atoms with Crippen LogP contribution in [-0.4, -0.2) is 23.3 Å². The normalized spacial score (nSPS) is 11.7. The number of methoxy groups -OCH3 is 1. The number of hydrogen-bond donors (Lipinski definition) is 2. The Bertz CT molecular complexity index is 1040. The van der Waals surface area contributed by atoms with E-state index in [0.717, 1.165) is 15.5 Å². The van der Waals surface area contributed by atoms with Gasteiger partial charge in [0.1, 0.15) is 11.7 Å². The molecule has 1 unspecified atom stereocenters. The van der Waals surface area contributed by atoms with E-state index >= 15 is 0 Å². The van der Waals surface area contributed by atoms with Gasteiger partial charge in [0.2, 0.25) is 0 Å². The van der Waals surface area contributed by atoms with Gasteiger partial charge in [0, 0.05) is 30.0 Å². The van der Waals surface area contributed by atoms with Crippen LogP contribution in [0.15, 0.2) is 72.8 Å². The monoisotopic (exact) mass is 425 g/mol. The summed E-state index contributed by atoms with van der Waals surface area (Å²) in [4.78, 5) is 13.0. The second-order valence-electron chi connectivity index (χ2n) is 6.65. The number of carbonyl (C=O) groups is 1. The van der Waals surface area contributed by atoms with Gasteiger partial charge in [-0.25, -0.2) is 8.81 Å². The highest BCUT2D eigenvalue weighted by Gasteiger charge is 2.30. The topological polar surface area (TPSA) is 79.4 Å². The molecule has 3 aromatic carbocycles. The molecule has 3 N–H and O–H groups in total. The van der Waals surface area contributed by atoms with E-state index in [9.17, 15) is 9.18 Å². The van der Waals surface area contributed by atoms with E-state index in [-0.39, 0.29) is 17.9 Å². The largest absolute Gasteiger partial charge is 0.384 e. The Labute approximate surface area is 179 Å². The molecule has 7 heteroatoms. The summed E-state index contributed by atoms with van der Waals surface area (Å²) in [5.74, 6) is -1.18. The Hall–Kier alpha value is -3.22. The Kier molecular flexibility index (Phi) is 6.82. The number of rotatable bonds is 7. The average molecular weight is 426 g/mol. The number of amides is 1. The summed E-state index contributed by atoms with van der Waals surface area (Å²) in [7, 11) is 1.34. The standard InChI is InChI=1S/C23H21ClFN3O2/c1-30-21(20-18(8-5-9-19(20)25)16-6-3-2-4-7-16)23(29)28(24)14-15-10-12-17(13-11-15)22(26)27/h2-13,21H,14H2,1H3,(H3,26,27). The van der Waals surface area contributed by atoms with Crippen molar-refractivity contribution in [3.63, 3.8) is 0 Å². The number of carbonyl (C=O) groups excluding carboxylic acids is 1. The molecule has 0 radical (unpaired) electrons. The lowest BCUT2D eigenvalue weighted by Gasteiger charge is -2.23. The number of nitrogen functional groups attached to an aromatic ring is 1. The van der Waals surface area contributed by atoms with Crippen LogP contribution in [0, 0.1) is 11.2 Å². The maximum Gasteiger partial charge on any atom is 0.271 e. The van der Waals surface area contributed by atoms with Gasteiger partial charge >= 0.3 is 0 Å². The predicted octanol–water partition coefficient (Wildman–Crippen LogP) is 4.65. The first-order valence-corrected chi connectivity index (χ1v) is 9.53. The highest BCUT2D eigenvalue weighted by Crippen LogP contribution is 2.33. The average Bonchev–Trinajstić information content (AvgIpc) is 2.76. The minimum Gasteiger partial charge on any atom is -0.384 e. The summed E-state index contributed by atoms with van der Waals surface area (Å²) in [5.41, 5.74) is 8.21. The molecule has 1 atom stereocenters. The molecule has 0 aliphatic carbocycles. The van der Waals surface area contributed by atoms with Gasteiger partial charge in [0.05, 0.1) is 6.54 Å². The molecule has 0 aliphatic rings. The first-order valence-electron chi connectivity index (χ1n) is 9.19. The van der Waals surface area contributed by atoms with Crippen LogP contribution < -0.4 is 5.73 Å².